The summed E-state index contributed by atoms with van der Waals surface area (Å²) in [5, 5.41) is 0. The van der Waals surface area contributed by atoms with Gasteiger partial charge in [-0.15, -0.1) is 24.0 Å². The minimum absolute atomic E-state index is 0. The lowest BCUT2D eigenvalue weighted by molar-refractivity contribution is 0.185. The second-order valence-corrected chi connectivity index (χ2v) is 6.57. The highest BCUT2D eigenvalue weighted by Crippen LogP contribution is 2.20. The molecule has 1 heterocycles. The molecular weight excluding hydrogens is 411 g/mol. The molecule has 0 unspecified atom stereocenters. The first-order valence-corrected chi connectivity index (χ1v) is 8.98. The van der Waals surface area contributed by atoms with Crippen LogP contribution < -0.4 is 5.73 Å². The number of hydrogen-bond acceptors (Lipinski definition) is 2. The number of benzene rings is 1. The first-order chi connectivity index (χ1) is 11.1. The van der Waals surface area contributed by atoms with Gasteiger partial charge in [0.2, 0.25) is 0 Å². The molecule has 1 aliphatic heterocycles. The number of piperidine rings is 1. The standard InChI is InChI=1S/C19H32N4.HI/c1-4-23(5-2)19(20)21-14-17-8-6-7-9-18(17)15-22-12-10-16(3)11-13-22;/h6-9,16H,4-5,10-15H2,1-3H3,(H2,20,21);1H. The summed E-state index contributed by atoms with van der Waals surface area (Å²) in [5.74, 6) is 1.52. The van der Waals surface area contributed by atoms with Gasteiger partial charge in [-0.25, -0.2) is 4.99 Å². The summed E-state index contributed by atoms with van der Waals surface area (Å²) < 4.78 is 0. The maximum Gasteiger partial charge on any atom is 0.191 e. The van der Waals surface area contributed by atoms with Crippen LogP contribution in [0.3, 0.4) is 0 Å². The summed E-state index contributed by atoms with van der Waals surface area (Å²) in [6.07, 6.45) is 2.63. The molecule has 0 aromatic heterocycles. The molecule has 0 aliphatic carbocycles. The third kappa shape index (κ3) is 6.24. The van der Waals surface area contributed by atoms with Gasteiger partial charge in [-0.2, -0.15) is 0 Å². The smallest absolute Gasteiger partial charge is 0.191 e. The summed E-state index contributed by atoms with van der Waals surface area (Å²) in [6.45, 7) is 12.5. The molecule has 0 bridgehead atoms. The molecule has 1 fully saturated rings. The normalized spacial score (nSPS) is 16.7. The van der Waals surface area contributed by atoms with Gasteiger partial charge in [0.25, 0.3) is 0 Å². The van der Waals surface area contributed by atoms with E-state index in [4.69, 9.17) is 5.73 Å². The van der Waals surface area contributed by atoms with Gasteiger partial charge in [0.1, 0.15) is 0 Å². The zero-order chi connectivity index (χ0) is 16.7. The van der Waals surface area contributed by atoms with Gasteiger partial charge in [0.05, 0.1) is 6.54 Å². The zero-order valence-corrected chi connectivity index (χ0v) is 17.7. The molecule has 0 amide bonds. The number of nitrogens with zero attached hydrogens (tertiary/aromatic N) is 3. The molecule has 1 aromatic rings. The largest absolute Gasteiger partial charge is 0.370 e. The molecule has 1 saturated heterocycles. The van der Waals surface area contributed by atoms with Crippen molar-refractivity contribution in [3.63, 3.8) is 0 Å². The van der Waals surface area contributed by atoms with E-state index in [2.05, 4.69) is 59.8 Å². The average molecular weight is 444 g/mol. The van der Waals surface area contributed by atoms with E-state index in [0.29, 0.717) is 12.5 Å². The topological polar surface area (TPSA) is 44.9 Å². The van der Waals surface area contributed by atoms with Gasteiger partial charge < -0.3 is 10.6 Å². The summed E-state index contributed by atoms with van der Waals surface area (Å²) in [4.78, 5) is 9.26. The van der Waals surface area contributed by atoms with E-state index >= 15 is 0 Å². The molecule has 5 heteroatoms. The molecule has 2 N–H and O–H groups in total. The fourth-order valence-corrected chi connectivity index (χ4v) is 3.14. The first-order valence-electron chi connectivity index (χ1n) is 8.98. The van der Waals surface area contributed by atoms with Crippen molar-refractivity contribution in [3.8, 4) is 0 Å². The number of halogens is 1. The lowest BCUT2D eigenvalue weighted by atomic mass is 9.98. The van der Waals surface area contributed by atoms with Crippen LogP contribution in [0.4, 0.5) is 0 Å². The van der Waals surface area contributed by atoms with Gasteiger partial charge in [0.15, 0.2) is 5.96 Å². The summed E-state index contributed by atoms with van der Waals surface area (Å²) in [7, 11) is 0. The van der Waals surface area contributed by atoms with Crippen molar-refractivity contribution in [2.45, 2.75) is 46.7 Å². The van der Waals surface area contributed by atoms with Gasteiger partial charge in [0, 0.05) is 19.6 Å². The third-order valence-electron chi connectivity index (χ3n) is 4.89. The van der Waals surface area contributed by atoms with Gasteiger partial charge in [-0.05, 0) is 56.8 Å². The number of nitrogens with two attached hydrogens (primary N) is 1. The highest BCUT2D eigenvalue weighted by Gasteiger charge is 2.16. The van der Waals surface area contributed by atoms with Crippen LogP contribution in [-0.2, 0) is 13.1 Å². The van der Waals surface area contributed by atoms with Crippen LogP contribution in [0.1, 0.15) is 44.7 Å². The first kappa shape index (κ1) is 21.2. The van der Waals surface area contributed by atoms with Crippen molar-refractivity contribution in [2.75, 3.05) is 26.2 Å². The van der Waals surface area contributed by atoms with Gasteiger partial charge in [-0.3, -0.25) is 4.90 Å². The Morgan fingerprint density at radius 1 is 1.17 bits per heavy atom. The van der Waals surface area contributed by atoms with Gasteiger partial charge in [-0.1, -0.05) is 31.2 Å². The van der Waals surface area contributed by atoms with Crippen molar-refractivity contribution >= 4 is 29.9 Å². The summed E-state index contributed by atoms with van der Waals surface area (Å²) in [6, 6.07) is 8.64. The maximum absolute atomic E-state index is 6.10. The molecule has 0 spiro atoms. The van der Waals surface area contributed by atoms with E-state index in [0.717, 1.165) is 25.6 Å². The van der Waals surface area contributed by atoms with Crippen molar-refractivity contribution in [3.05, 3.63) is 35.4 Å². The second kappa shape index (κ2) is 10.9. The highest BCUT2D eigenvalue weighted by molar-refractivity contribution is 14.0. The molecule has 2 rings (SSSR count). The fraction of sp³-hybridized carbons (Fsp3) is 0.632. The molecule has 136 valence electrons. The molecule has 0 saturated carbocycles. The Kier molecular flexibility index (Phi) is 9.66. The zero-order valence-electron chi connectivity index (χ0n) is 15.4. The molecule has 24 heavy (non-hydrogen) atoms. The van der Waals surface area contributed by atoms with E-state index in [9.17, 15) is 0 Å². The van der Waals surface area contributed by atoms with E-state index < -0.39 is 0 Å². The number of rotatable bonds is 6. The SMILES string of the molecule is CCN(CC)C(N)=NCc1ccccc1CN1CCC(C)CC1.I. The molecular formula is C19H33IN4. The quantitative estimate of drug-likeness (QED) is 0.414. The molecule has 1 aliphatic rings. The van der Waals surface area contributed by atoms with Crippen molar-refractivity contribution in [1.29, 1.82) is 0 Å². The predicted octanol–water partition coefficient (Wildman–Crippen LogP) is 3.69. The summed E-state index contributed by atoms with van der Waals surface area (Å²) >= 11 is 0. The van der Waals surface area contributed by atoms with Crippen LogP contribution in [0.15, 0.2) is 29.3 Å². The molecule has 0 atom stereocenters. The minimum atomic E-state index is 0. The Hall–Kier alpha value is -0.820. The van der Waals surface area contributed by atoms with E-state index in [-0.39, 0.29) is 24.0 Å². The predicted molar refractivity (Wildman–Crippen MR) is 114 cm³/mol. The number of aliphatic imine (C=N–C) groups is 1. The van der Waals surface area contributed by atoms with Crippen LogP contribution in [0.25, 0.3) is 0 Å². The molecule has 4 nitrogen and oxygen atoms in total. The van der Waals surface area contributed by atoms with E-state index in [1.807, 2.05) is 0 Å². The molecule has 0 radical (unpaired) electrons. The van der Waals surface area contributed by atoms with Gasteiger partial charge >= 0.3 is 0 Å². The highest BCUT2D eigenvalue weighted by atomic mass is 127. The Morgan fingerprint density at radius 3 is 2.33 bits per heavy atom. The lowest BCUT2D eigenvalue weighted by Gasteiger charge is -2.30. The monoisotopic (exact) mass is 444 g/mol. The Labute approximate surface area is 164 Å². The lowest BCUT2D eigenvalue weighted by Crippen LogP contribution is -2.37. The Bertz CT molecular complexity index is 506. The van der Waals surface area contributed by atoms with Crippen molar-refractivity contribution in [2.24, 2.45) is 16.6 Å². The van der Waals surface area contributed by atoms with Crippen LogP contribution in [0.5, 0.6) is 0 Å². The van der Waals surface area contributed by atoms with E-state index in [1.54, 1.807) is 0 Å². The second-order valence-electron chi connectivity index (χ2n) is 6.57. The van der Waals surface area contributed by atoms with Crippen LogP contribution in [-0.4, -0.2) is 41.9 Å². The summed E-state index contributed by atoms with van der Waals surface area (Å²) in [5.41, 5.74) is 8.78. The number of likely N-dealkylation sites (tertiary alicyclic amines) is 1. The minimum Gasteiger partial charge on any atom is -0.370 e. The third-order valence-corrected chi connectivity index (χ3v) is 4.89. The fourth-order valence-electron chi connectivity index (χ4n) is 3.14. The number of guanidine groups is 1. The van der Waals surface area contributed by atoms with Crippen LogP contribution >= 0.6 is 24.0 Å². The molecule has 1 aromatic carbocycles. The van der Waals surface area contributed by atoms with Crippen LogP contribution in [0.2, 0.25) is 0 Å². The van der Waals surface area contributed by atoms with Crippen molar-refractivity contribution in [1.82, 2.24) is 9.80 Å². The Balaban J connectivity index is 0.00000288. The number of hydrogen-bond donors (Lipinski definition) is 1. The maximum atomic E-state index is 6.10. The van der Waals surface area contributed by atoms with E-state index in [1.165, 1.54) is 37.1 Å². The average Bonchev–Trinajstić information content (AvgIpc) is 2.57. The van der Waals surface area contributed by atoms with Crippen molar-refractivity contribution < 1.29 is 0 Å². The van der Waals surface area contributed by atoms with Crippen LogP contribution in [0, 0.1) is 5.92 Å². The Morgan fingerprint density at radius 2 is 1.75 bits per heavy atom.